The molecule has 84 valence electrons. The number of anilines is 1. The number of benzene rings is 1. The fraction of sp³-hybridized carbons (Fsp3) is 0.308. The normalized spacial score (nSPS) is 17.7. The summed E-state index contributed by atoms with van der Waals surface area (Å²) >= 11 is 5.15. The monoisotopic (exact) mass is 232 g/mol. The van der Waals surface area contributed by atoms with Gasteiger partial charge in [-0.3, -0.25) is 0 Å². The molecule has 2 N–H and O–H groups in total. The van der Waals surface area contributed by atoms with Crippen LogP contribution in [0.3, 0.4) is 0 Å². The van der Waals surface area contributed by atoms with Gasteiger partial charge in [0.25, 0.3) is 0 Å². The molecule has 0 radical (unpaired) electrons. The van der Waals surface area contributed by atoms with Crippen molar-refractivity contribution in [1.29, 1.82) is 0 Å². The van der Waals surface area contributed by atoms with Crippen LogP contribution in [-0.2, 0) is 0 Å². The molecule has 0 saturated heterocycles. The zero-order valence-corrected chi connectivity index (χ0v) is 10.6. The molecule has 2 rings (SSSR count). The van der Waals surface area contributed by atoms with Crippen LogP contribution in [0, 0.1) is 0 Å². The lowest BCUT2D eigenvalue weighted by atomic mass is 9.89. The predicted octanol–water partition coefficient (Wildman–Crippen LogP) is 2.93. The Kier molecular flexibility index (Phi) is 2.50. The number of nitrogens with two attached hydrogens (primary N) is 1. The van der Waals surface area contributed by atoms with Crippen LogP contribution in [-0.4, -0.2) is 10.7 Å². The van der Waals surface area contributed by atoms with Crippen molar-refractivity contribution in [3.8, 4) is 0 Å². The van der Waals surface area contributed by atoms with Crippen LogP contribution in [0.5, 0.6) is 0 Å². The van der Waals surface area contributed by atoms with Gasteiger partial charge in [-0.1, -0.05) is 24.3 Å². The van der Waals surface area contributed by atoms with Crippen molar-refractivity contribution in [3.63, 3.8) is 0 Å². The topological polar surface area (TPSA) is 29.3 Å². The first-order valence-corrected chi connectivity index (χ1v) is 5.73. The summed E-state index contributed by atoms with van der Waals surface area (Å²) in [7, 11) is 0. The van der Waals surface area contributed by atoms with Gasteiger partial charge in [0.1, 0.15) is 0 Å². The third-order valence-electron chi connectivity index (χ3n) is 2.94. The molecule has 0 saturated carbocycles. The zero-order valence-electron chi connectivity index (χ0n) is 9.82. The highest BCUT2D eigenvalue weighted by Crippen LogP contribution is 2.38. The number of para-hydroxylation sites is 1. The fourth-order valence-electron chi connectivity index (χ4n) is 2.39. The van der Waals surface area contributed by atoms with Gasteiger partial charge in [-0.25, -0.2) is 0 Å². The fourth-order valence-corrected chi connectivity index (χ4v) is 2.72. The molecular formula is C13H16N2S. The molecule has 1 aliphatic rings. The molecule has 1 aromatic carbocycles. The second kappa shape index (κ2) is 3.59. The maximum atomic E-state index is 5.83. The maximum absolute atomic E-state index is 5.83. The van der Waals surface area contributed by atoms with Crippen molar-refractivity contribution in [2.24, 2.45) is 5.73 Å². The van der Waals surface area contributed by atoms with E-state index in [0.29, 0.717) is 5.11 Å². The van der Waals surface area contributed by atoms with E-state index < -0.39 is 0 Å². The minimum Gasteiger partial charge on any atom is -0.376 e. The van der Waals surface area contributed by atoms with Gasteiger partial charge in [0.2, 0.25) is 0 Å². The molecule has 1 aromatic rings. The Bertz CT molecular complexity index is 475. The maximum Gasteiger partial charge on any atom is 0.171 e. The van der Waals surface area contributed by atoms with Gasteiger partial charge in [0, 0.05) is 5.56 Å². The molecule has 1 heterocycles. The van der Waals surface area contributed by atoms with Gasteiger partial charge in [-0.2, -0.15) is 0 Å². The van der Waals surface area contributed by atoms with Gasteiger partial charge in [-0.05, 0) is 44.6 Å². The third kappa shape index (κ3) is 1.61. The summed E-state index contributed by atoms with van der Waals surface area (Å²) in [5, 5.41) is 0.418. The van der Waals surface area contributed by atoms with Crippen LogP contribution in [0.4, 0.5) is 5.69 Å². The van der Waals surface area contributed by atoms with Crippen molar-refractivity contribution >= 4 is 28.6 Å². The van der Waals surface area contributed by atoms with E-state index in [0.717, 1.165) is 5.69 Å². The van der Waals surface area contributed by atoms with Gasteiger partial charge in [0.05, 0.1) is 11.2 Å². The van der Waals surface area contributed by atoms with E-state index in [2.05, 4.69) is 39.0 Å². The van der Waals surface area contributed by atoms with E-state index in [4.69, 9.17) is 18.0 Å². The molecule has 0 atom stereocenters. The highest BCUT2D eigenvalue weighted by Gasteiger charge is 2.32. The summed E-state index contributed by atoms with van der Waals surface area (Å²) in [4.78, 5) is 2.00. The lowest BCUT2D eigenvalue weighted by molar-refractivity contribution is 0.637. The van der Waals surface area contributed by atoms with E-state index in [9.17, 15) is 0 Å². The molecule has 2 nitrogen and oxygen atoms in total. The minimum atomic E-state index is -0.162. The van der Waals surface area contributed by atoms with Crippen molar-refractivity contribution in [1.82, 2.24) is 0 Å². The Morgan fingerprint density at radius 2 is 1.94 bits per heavy atom. The Labute approximate surface area is 102 Å². The second-order valence-corrected chi connectivity index (χ2v) is 5.09. The van der Waals surface area contributed by atoms with Crippen LogP contribution in [0.2, 0.25) is 0 Å². The Balaban J connectivity index is 2.67. The summed E-state index contributed by atoms with van der Waals surface area (Å²) in [6, 6.07) is 8.21. The van der Waals surface area contributed by atoms with E-state index in [-0.39, 0.29) is 5.54 Å². The number of nitrogens with zero attached hydrogens (tertiary/aromatic N) is 1. The van der Waals surface area contributed by atoms with Gasteiger partial charge in [0.15, 0.2) is 5.11 Å². The molecule has 0 unspecified atom stereocenters. The molecule has 16 heavy (non-hydrogen) atoms. The van der Waals surface area contributed by atoms with Gasteiger partial charge < -0.3 is 10.6 Å². The van der Waals surface area contributed by atoms with E-state index in [1.807, 2.05) is 17.0 Å². The lowest BCUT2D eigenvalue weighted by Crippen LogP contribution is -2.51. The summed E-state index contributed by atoms with van der Waals surface area (Å²) in [5.74, 6) is 0. The number of fused-ring (bicyclic) bond motifs is 1. The van der Waals surface area contributed by atoms with Crippen molar-refractivity contribution in [2.45, 2.75) is 26.3 Å². The van der Waals surface area contributed by atoms with Crippen LogP contribution in [0.25, 0.3) is 5.57 Å². The number of thiocarbonyl (C=S) groups is 1. The lowest BCUT2D eigenvalue weighted by Gasteiger charge is -2.41. The summed E-state index contributed by atoms with van der Waals surface area (Å²) in [5.41, 5.74) is 9.24. The van der Waals surface area contributed by atoms with Crippen molar-refractivity contribution in [3.05, 3.63) is 35.9 Å². The number of rotatable bonds is 0. The SMILES string of the molecule is CC1=CC(C)(C)N(C(N)=S)c2ccccc21. The average molecular weight is 232 g/mol. The summed E-state index contributed by atoms with van der Waals surface area (Å²) in [6.45, 7) is 6.36. The molecule has 0 spiro atoms. The van der Waals surface area contributed by atoms with E-state index >= 15 is 0 Å². The average Bonchev–Trinajstić information content (AvgIpc) is 2.15. The second-order valence-electron chi connectivity index (χ2n) is 4.67. The Morgan fingerprint density at radius 1 is 1.31 bits per heavy atom. The predicted molar refractivity (Wildman–Crippen MR) is 73.4 cm³/mol. The van der Waals surface area contributed by atoms with Gasteiger partial charge >= 0.3 is 0 Å². The quantitative estimate of drug-likeness (QED) is 0.697. The van der Waals surface area contributed by atoms with Crippen LogP contribution in [0.1, 0.15) is 26.3 Å². The first kappa shape index (κ1) is 11.1. The van der Waals surface area contributed by atoms with Crippen LogP contribution in [0.15, 0.2) is 30.3 Å². The molecule has 1 aliphatic heterocycles. The number of allylic oxidation sites excluding steroid dienone is 1. The van der Waals surface area contributed by atoms with Gasteiger partial charge in [-0.15, -0.1) is 0 Å². The Morgan fingerprint density at radius 3 is 2.56 bits per heavy atom. The highest BCUT2D eigenvalue weighted by molar-refractivity contribution is 7.80. The Hall–Kier alpha value is -1.35. The highest BCUT2D eigenvalue weighted by atomic mass is 32.1. The molecule has 0 aliphatic carbocycles. The zero-order chi connectivity index (χ0) is 11.9. The summed E-state index contributed by atoms with van der Waals surface area (Å²) < 4.78 is 0. The first-order chi connectivity index (χ1) is 7.43. The smallest absolute Gasteiger partial charge is 0.171 e. The van der Waals surface area contributed by atoms with Crippen LogP contribution < -0.4 is 10.6 Å². The molecular weight excluding hydrogens is 216 g/mol. The van der Waals surface area contributed by atoms with Crippen LogP contribution >= 0.6 is 12.2 Å². The number of hydrogen-bond acceptors (Lipinski definition) is 1. The van der Waals surface area contributed by atoms with Crippen molar-refractivity contribution < 1.29 is 0 Å². The number of hydrogen-bond donors (Lipinski definition) is 1. The largest absolute Gasteiger partial charge is 0.376 e. The third-order valence-corrected chi connectivity index (χ3v) is 3.12. The molecule has 3 heteroatoms. The summed E-state index contributed by atoms with van der Waals surface area (Å²) in [6.07, 6.45) is 2.20. The first-order valence-electron chi connectivity index (χ1n) is 5.32. The minimum absolute atomic E-state index is 0.162. The van der Waals surface area contributed by atoms with Crippen molar-refractivity contribution in [2.75, 3.05) is 4.90 Å². The molecule has 0 amide bonds. The van der Waals surface area contributed by atoms with E-state index in [1.165, 1.54) is 11.1 Å². The molecule has 0 bridgehead atoms. The standard InChI is InChI=1S/C13H16N2S/c1-9-8-13(2,3)15(12(14)16)11-7-5-4-6-10(9)11/h4-8H,1-3H3,(H2,14,16). The van der Waals surface area contributed by atoms with E-state index in [1.54, 1.807) is 0 Å². The molecule has 0 fully saturated rings. The molecule has 0 aromatic heterocycles.